The Labute approximate surface area is 133 Å². The van der Waals surface area contributed by atoms with Gasteiger partial charge in [0.05, 0.1) is 16.5 Å². The first-order valence-corrected chi connectivity index (χ1v) is 6.96. The van der Waals surface area contributed by atoms with Crippen molar-refractivity contribution >= 4 is 28.9 Å². The van der Waals surface area contributed by atoms with Gasteiger partial charge in [0.1, 0.15) is 0 Å². The van der Waals surface area contributed by atoms with Gasteiger partial charge in [0.15, 0.2) is 5.11 Å². The van der Waals surface area contributed by atoms with Crippen molar-refractivity contribution in [2.24, 2.45) is 0 Å². The molecule has 0 aromatic heterocycles. The summed E-state index contributed by atoms with van der Waals surface area (Å²) < 4.78 is 0. The number of nitrogens with zero attached hydrogens (tertiary/aromatic N) is 2. The summed E-state index contributed by atoms with van der Waals surface area (Å²) in [6, 6.07) is 5.65. The van der Waals surface area contributed by atoms with Gasteiger partial charge in [-0.2, -0.15) is 0 Å². The highest BCUT2D eigenvalue weighted by atomic mass is 32.1. The molecule has 0 radical (unpaired) electrons. The van der Waals surface area contributed by atoms with Gasteiger partial charge in [-0.15, -0.1) is 0 Å². The molecule has 1 unspecified atom stereocenters. The molecule has 1 aliphatic rings. The van der Waals surface area contributed by atoms with Crippen LogP contribution >= 0.6 is 12.2 Å². The average Bonchev–Trinajstić information content (AvgIpc) is 2.45. The fourth-order valence-electron chi connectivity index (χ4n) is 2.29. The van der Waals surface area contributed by atoms with Crippen LogP contribution in [0.5, 0.6) is 0 Å². The Morgan fingerprint density at radius 1 is 1.41 bits per heavy atom. The van der Waals surface area contributed by atoms with Crippen molar-refractivity contribution in [1.29, 1.82) is 0 Å². The Kier molecular flexibility index (Phi) is 4.41. The lowest BCUT2D eigenvalue weighted by atomic mass is 9.94. The van der Waals surface area contributed by atoms with Crippen LogP contribution in [0, 0.1) is 10.1 Å². The van der Waals surface area contributed by atoms with Gasteiger partial charge in [-0.25, -0.2) is 0 Å². The van der Waals surface area contributed by atoms with E-state index >= 15 is 0 Å². The molecule has 0 aliphatic carbocycles. The maximum Gasteiger partial charge on any atom is 0.269 e. The Balaban J connectivity index is 2.52. The van der Waals surface area contributed by atoms with E-state index in [1.165, 1.54) is 17.0 Å². The molecule has 0 saturated carbocycles. The van der Waals surface area contributed by atoms with Crippen molar-refractivity contribution in [3.05, 3.63) is 51.2 Å². The lowest BCUT2D eigenvalue weighted by Gasteiger charge is -2.31. The van der Waals surface area contributed by atoms with E-state index in [4.69, 9.17) is 12.2 Å². The molecule has 1 aromatic carbocycles. The van der Waals surface area contributed by atoms with E-state index in [9.17, 15) is 14.9 Å². The van der Waals surface area contributed by atoms with Crippen LogP contribution in [-0.2, 0) is 4.79 Å². The van der Waals surface area contributed by atoms with Crippen LogP contribution in [0.4, 0.5) is 5.69 Å². The van der Waals surface area contributed by atoms with Crippen LogP contribution in [0.15, 0.2) is 35.5 Å². The summed E-state index contributed by atoms with van der Waals surface area (Å²) in [7, 11) is 3.31. The molecule has 1 aliphatic heterocycles. The van der Waals surface area contributed by atoms with E-state index in [0.717, 1.165) is 0 Å². The molecule has 0 fully saturated rings. The van der Waals surface area contributed by atoms with Crippen LogP contribution < -0.4 is 10.6 Å². The second-order valence-corrected chi connectivity index (χ2v) is 5.53. The van der Waals surface area contributed by atoms with E-state index in [1.807, 2.05) is 0 Å². The SMILES string of the molecule is CC1=C(C(=O)N(C)C)C(c2cccc([N+](=O)[O-])c2)NC(=S)N1. The quantitative estimate of drug-likeness (QED) is 0.498. The number of likely N-dealkylation sites (N-methyl/N-ethyl adjacent to an activating group) is 1. The van der Waals surface area contributed by atoms with Crippen molar-refractivity contribution in [2.45, 2.75) is 13.0 Å². The molecule has 116 valence electrons. The molecule has 1 heterocycles. The van der Waals surface area contributed by atoms with Crippen molar-refractivity contribution in [3.63, 3.8) is 0 Å². The van der Waals surface area contributed by atoms with Crippen LogP contribution in [0.1, 0.15) is 18.5 Å². The fraction of sp³-hybridized carbons (Fsp3) is 0.286. The van der Waals surface area contributed by atoms with E-state index in [2.05, 4.69) is 10.6 Å². The van der Waals surface area contributed by atoms with E-state index < -0.39 is 11.0 Å². The molecule has 22 heavy (non-hydrogen) atoms. The summed E-state index contributed by atoms with van der Waals surface area (Å²) in [5, 5.41) is 17.3. The average molecular weight is 320 g/mol. The molecule has 7 nitrogen and oxygen atoms in total. The Bertz CT molecular complexity index is 684. The Morgan fingerprint density at radius 3 is 2.68 bits per heavy atom. The zero-order valence-corrected chi connectivity index (χ0v) is 13.2. The predicted octanol–water partition coefficient (Wildman–Crippen LogP) is 1.48. The van der Waals surface area contributed by atoms with Crippen molar-refractivity contribution in [1.82, 2.24) is 15.5 Å². The number of thiocarbonyl (C=S) groups is 1. The molecule has 0 saturated heterocycles. The summed E-state index contributed by atoms with van der Waals surface area (Å²) in [6.45, 7) is 1.76. The van der Waals surface area contributed by atoms with Gasteiger partial charge in [-0.1, -0.05) is 12.1 Å². The number of benzene rings is 1. The largest absolute Gasteiger partial charge is 0.351 e. The first kappa shape index (κ1) is 15.9. The van der Waals surface area contributed by atoms with Crippen LogP contribution in [0.3, 0.4) is 0 Å². The molecule has 0 spiro atoms. The summed E-state index contributed by atoms with van der Waals surface area (Å²) in [5.41, 5.74) is 1.71. The molecular weight excluding hydrogens is 304 g/mol. The zero-order valence-electron chi connectivity index (χ0n) is 12.4. The van der Waals surface area contributed by atoms with Crippen LogP contribution in [0.2, 0.25) is 0 Å². The summed E-state index contributed by atoms with van der Waals surface area (Å²) >= 11 is 5.13. The summed E-state index contributed by atoms with van der Waals surface area (Å²) in [5.74, 6) is -0.184. The minimum absolute atomic E-state index is 0.0296. The maximum absolute atomic E-state index is 12.4. The van der Waals surface area contributed by atoms with Gasteiger partial charge in [-0.3, -0.25) is 14.9 Å². The van der Waals surface area contributed by atoms with Crippen molar-refractivity contribution < 1.29 is 9.72 Å². The smallest absolute Gasteiger partial charge is 0.269 e. The highest BCUT2D eigenvalue weighted by Crippen LogP contribution is 2.29. The number of carbonyl (C=O) groups excluding carboxylic acids is 1. The maximum atomic E-state index is 12.4. The van der Waals surface area contributed by atoms with Crippen molar-refractivity contribution in [3.8, 4) is 0 Å². The molecule has 2 N–H and O–H groups in total. The Hall–Kier alpha value is -2.48. The number of allylic oxidation sites excluding steroid dienone is 1. The summed E-state index contributed by atoms with van der Waals surface area (Å²) in [4.78, 5) is 24.4. The standard InChI is InChI=1S/C14H16N4O3S/c1-8-11(13(19)17(2)3)12(16-14(22)15-8)9-5-4-6-10(7-9)18(20)21/h4-7,12H,1-3H3,(H2,15,16,22). The van der Waals surface area contributed by atoms with Gasteiger partial charge in [0.25, 0.3) is 11.6 Å². The molecule has 1 aromatic rings. The number of carbonyl (C=O) groups is 1. The third kappa shape index (κ3) is 3.06. The number of non-ortho nitro benzene ring substituents is 1. The third-order valence-electron chi connectivity index (χ3n) is 3.32. The van der Waals surface area contributed by atoms with Gasteiger partial charge in [0, 0.05) is 31.9 Å². The fourth-order valence-corrected chi connectivity index (χ4v) is 2.56. The lowest BCUT2D eigenvalue weighted by molar-refractivity contribution is -0.384. The number of rotatable bonds is 3. The molecule has 1 atom stereocenters. The van der Waals surface area contributed by atoms with Crippen LogP contribution in [-0.4, -0.2) is 34.9 Å². The van der Waals surface area contributed by atoms with Gasteiger partial charge < -0.3 is 15.5 Å². The monoisotopic (exact) mass is 320 g/mol. The second-order valence-electron chi connectivity index (χ2n) is 5.12. The number of nitro benzene ring substituents is 1. The predicted molar refractivity (Wildman–Crippen MR) is 86.1 cm³/mol. The Morgan fingerprint density at radius 2 is 2.09 bits per heavy atom. The van der Waals surface area contributed by atoms with Gasteiger partial charge >= 0.3 is 0 Å². The lowest BCUT2D eigenvalue weighted by Crippen LogP contribution is -2.46. The minimum atomic E-state index is -0.524. The second kappa shape index (κ2) is 6.10. The van der Waals surface area contributed by atoms with Crippen LogP contribution in [0.25, 0.3) is 0 Å². The normalized spacial score (nSPS) is 17.6. The number of amides is 1. The number of hydrogen-bond acceptors (Lipinski definition) is 4. The van der Waals surface area contributed by atoms with Crippen molar-refractivity contribution in [2.75, 3.05) is 14.1 Å². The minimum Gasteiger partial charge on any atom is -0.351 e. The first-order valence-electron chi connectivity index (χ1n) is 6.55. The number of nitrogens with one attached hydrogen (secondary N) is 2. The van der Waals surface area contributed by atoms with Gasteiger partial charge in [0.2, 0.25) is 0 Å². The molecule has 0 bridgehead atoms. The molecule has 2 rings (SSSR count). The molecule has 8 heteroatoms. The first-order chi connectivity index (χ1) is 10.3. The zero-order chi connectivity index (χ0) is 16.4. The highest BCUT2D eigenvalue weighted by molar-refractivity contribution is 7.80. The topological polar surface area (TPSA) is 87.5 Å². The highest BCUT2D eigenvalue weighted by Gasteiger charge is 2.31. The molecular formula is C14H16N4O3S. The van der Waals surface area contributed by atoms with E-state index in [0.29, 0.717) is 21.9 Å². The summed E-state index contributed by atoms with van der Waals surface area (Å²) in [6.07, 6.45) is 0. The molecule has 1 amide bonds. The number of hydrogen-bond donors (Lipinski definition) is 2. The van der Waals surface area contributed by atoms with E-state index in [1.54, 1.807) is 33.2 Å². The van der Waals surface area contributed by atoms with E-state index in [-0.39, 0.29) is 11.6 Å². The number of nitro groups is 1. The third-order valence-corrected chi connectivity index (χ3v) is 3.54. The van der Waals surface area contributed by atoms with Gasteiger partial charge in [-0.05, 0) is 24.7 Å².